The van der Waals surface area contributed by atoms with Gasteiger partial charge in [-0.05, 0) is 55.0 Å². The van der Waals surface area contributed by atoms with Gasteiger partial charge in [0.05, 0.1) is 22.3 Å². The average molecular weight is 407 g/mol. The fraction of sp³-hybridized carbons (Fsp3) is 0.348. The van der Waals surface area contributed by atoms with Crippen LogP contribution in [-0.4, -0.2) is 15.8 Å². The molecule has 0 saturated carbocycles. The number of phenols is 1. The van der Waals surface area contributed by atoms with E-state index in [9.17, 15) is 20.0 Å². The highest BCUT2D eigenvalue weighted by molar-refractivity contribution is 6.01. The minimum atomic E-state index is -0.695. The molecule has 0 aromatic heterocycles. The molecule has 2 aliphatic rings. The van der Waals surface area contributed by atoms with Gasteiger partial charge in [-0.2, -0.15) is 0 Å². The number of carbonyl (C=O) groups is 1. The van der Waals surface area contributed by atoms with Crippen LogP contribution in [0.4, 0.5) is 17.1 Å². The Morgan fingerprint density at radius 2 is 1.77 bits per heavy atom. The molecule has 3 N–H and O–H groups in total. The number of hydrogen-bond acceptors (Lipinski definition) is 6. The zero-order chi connectivity index (χ0) is 21.8. The van der Waals surface area contributed by atoms with Crippen LogP contribution < -0.4 is 10.6 Å². The monoisotopic (exact) mass is 407 g/mol. The Morgan fingerprint density at radius 1 is 1.10 bits per heavy atom. The summed E-state index contributed by atoms with van der Waals surface area (Å²) in [5.41, 5.74) is 5.13. The Labute approximate surface area is 175 Å². The molecule has 0 bridgehead atoms. The fourth-order valence-electron chi connectivity index (χ4n) is 4.33. The number of nitrogens with one attached hydrogen (secondary N) is 2. The lowest BCUT2D eigenvalue weighted by Crippen LogP contribution is -2.31. The first kappa shape index (κ1) is 19.9. The lowest BCUT2D eigenvalue weighted by atomic mass is 9.73. The van der Waals surface area contributed by atoms with Crippen molar-refractivity contribution in [3.63, 3.8) is 0 Å². The van der Waals surface area contributed by atoms with Crippen molar-refractivity contribution in [1.82, 2.24) is 0 Å². The standard InChI is InChI=1S/C23H25N3O4/c1-12-7-16-17(8-13(12)2)25-22(15-9-14(26(29)30)5-6-19(15)27)21-18(24-16)10-23(3,4)11-20(21)28/h5-9,22,24-25,27H,10-11H2,1-4H3. The SMILES string of the molecule is Cc1cc2c(cc1C)NC(c1cc([N+](=O)[O-])ccc1O)C1=C(CC(C)(C)CC1=O)N2. The molecule has 1 unspecified atom stereocenters. The summed E-state index contributed by atoms with van der Waals surface area (Å²) in [6.45, 7) is 8.13. The van der Waals surface area contributed by atoms with Crippen molar-refractivity contribution in [2.75, 3.05) is 10.6 Å². The van der Waals surface area contributed by atoms with Crippen LogP contribution in [0.5, 0.6) is 5.75 Å². The Kier molecular flexibility index (Phi) is 4.56. The van der Waals surface area contributed by atoms with Crippen LogP contribution in [0.3, 0.4) is 0 Å². The Bertz CT molecular complexity index is 1120. The molecular weight excluding hydrogens is 382 g/mol. The maximum atomic E-state index is 13.2. The van der Waals surface area contributed by atoms with Gasteiger partial charge in [-0.3, -0.25) is 14.9 Å². The number of anilines is 2. The maximum Gasteiger partial charge on any atom is 0.270 e. The number of rotatable bonds is 2. The summed E-state index contributed by atoms with van der Waals surface area (Å²) in [5.74, 6) is -0.117. The number of nitro groups is 1. The summed E-state index contributed by atoms with van der Waals surface area (Å²) < 4.78 is 0. The number of phenolic OH excluding ortho intramolecular Hbond substituents is 1. The van der Waals surface area contributed by atoms with Crippen LogP contribution in [0.2, 0.25) is 0 Å². The van der Waals surface area contributed by atoms with Crippen LogP contribution in [0.1, 0.15) is 49.4 Å². The van der Waals surface area contributed by atoms with Crippen molar-refractivity contribution in [2.24, 2.45) is 5.41 Å². The van der Waals surface area contributed by atoms with Crippen molar-refractivity contribution in [2.45, 2.75) is 46.6 Å². The number of fused-ring (bicyclic) bond motifs is 1. The predicted molar refractivity (Wildman–Crippen MR) is 116 cm³/mol. The van der Waals surface area contributed by atoms with Gasteiger partial charge in [-0.1, -0.05) is 13.8 Å². The van der Waals surface area contributed by atoms with Crippen LogP contribution in [0.15, 0.2) is 41.6 Å². The first-order valence-electron chi connectivity index (χ1n) is 9.94. The molecule has 2 aromatic carbocycles. The largest absolute Gasteiger partial charge is 0.508 e. The van der Waals surface area contributed by atoms with Gasteiger partial charge >= 0.3 is 0 Å². The fourth-order valence-corrected chi connectivity index (χ4v) is 4.33. The van der Waals surface area contributed by atoms with Crippen LogP contribution in [-0.2, 0) is 4.79 Å². The number of Topliss-reactive ketones (excluding diaryl/α,β-unsaturated/α-hetero) is 1. The second kappa shape index (κ2) is 6.86. The summed E-state index contributed by atoms with van der Waals surface area (Å²) in [6, 6.07) is 7.25. The van der Waals surface area contributed by atoms with Gasteiger partial charge in [0, 0.05) is 35.4 Å². The Hall–Kier alpha value is -3.35. The predicted octanol–water partition coefficient (Wildman–Crippen LogP) is 5.14. The first-order chi connectivity index (χ1) is 14.1. The van der Waals surface area contributed by atoms with Crippen molar-refractivity contribution >= 4 is 22.8 Å². The topological polar surface area (TPSA) is 104 Å². The number of aromatic hydroxyl groups is 1. The van der Waals surface area contributed by atoms with E-state index in [2.05, 4.69) is 24.5 Å². The molecule has 0 radical (unpaired) electrons. The first-order valence-corrected chi connectivity index (χ1v) is 9.94. The summed E-state index contributed by atoms with van der Waals surface area (Å²) >= 11 is 0. The number of nitro benzene ring substituents is 1. The third kappa shape index (κ3) is 3.40. The van der Waals surface area contributed by atoms with E-state index in [4.69, 9.17) is 0 Å². The quantitative estimate of drug-likeness (QED) is 0.470. The lowest BCUT2D eigenvalue weighted by molar-refractivity contribution is -0.384. The zero-order valence-electron chi connectivity index (χ0n) is 17.5. The number of ketones is 1. The van der Waals surface area contributed by atoms with Gasteiger partial charge in [-0.25, -0.2) is 0 Å². The molecule has 1 atom stereocenters. The van der Waals surface area contributed by atoms with Gasteiger partial charge in [0.25, 0.3) is 5.69 Å². The normalized spacial score (nSPS) is 19.9. The molecule has 0 saturated heterocycles. The molecule has 156 valence electrons. The van der Waals surface area contributed by atoms with Gasteiger partial charge in [0.1, 0.15) is 5.75 Å². The number of hydrogen-bond donors (Lipinski definition) is 3. The van der Waals surface area contributed by atoms with E-state index in [-0.39, 0.29) is 22.6 Å². The molecule has 0 fully saturated rings. The van der Waals surface area contributed by atoms with E-state index in [0.29, 0.717) is 24.0 Å². The van der Waals surface area contributed by atoms with E-state index in [0.717, 1.165) is 28.2 Å². The molecule has 1 heterocycles. The van der Waals surface area contributed by atoms with E-state index in [1.165, 1.54) is 18.2 Å². The summed E-state index contributed by atoms with van der Waals surface area (Å²) in [5, 5.41) is 28.7. The third-order valence-corrected chi connectivity index (χ3v) is 5.96. The summed E-state index contributed by atoms with van der Waals surface area (Å²) in [6.07, 6.45) is 1.03. The number of non-ortho nitro benzene ring substituents is 1. The number of carbonyl (C=O) groups excluding carboxylic acids is 1. The van der Waals surface area contributed by atoms with E-state index >= 15 is 0 Å². The van der Waals surface area contributed by atoms with Crippen LogP contribution >= 0.6 is 0 Å². The van der Waals surface area contributed by atoms with Crippen molar-refractivity contribution in [3.05, 3.63) is 68.4 Å². The van der Waals surface area contributed by atoms with Crippen molar-refractivity contribution < 1.29 is 14.8 Å². The van der Waals surface area contributed by atoms with Gasteiger partial charge in [0.15, 0.2) is 5.78 Å². The Balaban J connectivity index is 1.95. The van der Waals surface area contributed by atoms with E-state index < -0.39 is 11.0 Å². The summed E-state index contributed by atoms with van der Waals surface area (Å²) in [4.78, 5) is 24.1. The second-order valence-electron chi connectivity index (χ2n) is 9.02. The minimum Gasteiger partial charge on any atom is -0.508 e. The molecule has 2 aromatic rings. The molecular formula is C23H25N3O4. The molecule has 7 heteroatoms. The minimum absolute atomic E-state index is 0.0293. The van der Waals surface area contributed by atoms with Crippen molar-refractivity contribution in [3.8, 4) is 5.75 Å². The highest BCUT2D eigenvalue weighted by Crippen LogP contribution is 2.47. The lowest BCUT2D eigenvalue weighted by Gasteiger charge is -2.34. The second-order valence-corrected chi connectivity index (χ2v) is 9.02. The maximum absolute atomic E-state index is 13.2. The van der Waals surface area contributed by atoms with Crippen LogP contribution in [0, 0.1) is 29.4 Å². The molecule has 1 aliphatic heterocycles. The molecule has 0 amide bonds. The molecule has 1 aliphatic carbocycles. The average Bonchev–Trinajstić information content (AvgIpc) is 2.78. The molecule has 0 spiro atoms. The van der Waals surface area contributed by atoms with Crippen molar-refractivity contribution in [1.29, 1.82) is 0 Å². The van der Waals surface area contributed by atoms with E-state index in [1.807, 2.05) is 26.0 Å². The highest BCUT2D eigenvalue weighted by atomic mass is 16.6. The zero-order valence-corrected chi connectivity index (χ0v) is 17.5. The number of nitrogens with zero attached hydrogens (tertiary/aromatic N) is 1. The van der Waals surface area contributed by atoms with Gasteiger partial charge in [0.2, 0.25) is 0 Å². The molecule has 4 rings (SSSR count). The van der Waals surface area contributed by atoms with Gasteiger partial charge < -0.3 is 15.7 Å². The smallest absolute Gasteiger partial charge is 0.270 e. The number of benzene rings is 2. The number of allylic oxidation sites excluding steroid dienone is 1. The number of aryl methyl sites for hydroxylation is 2. The highest BCUT2D eigenvalue weighted by Gasteiger charge is 2.39. The molecule has 30 heavy (non-hydrogen) atoms. The van der Waals surface area contributed by atoms with Gasteiger partial charge in [-0.15, -0.1) is 0 Å². The molecule has 7 nitrogen and oxygen atoms in total. The Morgan fingerprint density at radius 3 is 2.43 bits per heavy atom. The summed E-state index contributed by atoms with van der Waals surface area (Å²) in [7, 11) is 0. The third-order valence-electron chi connectivity index (χ3n) is 5.96. The van der Waals surface area contributed by atoms with E-state index in [1.54, 1.807) is 0 Å². The van der Waals surface area contributed by atoms with Crippen LogP contribution in [0.25, 0.3) is 0 Å².